The summed E-state index contributed by atoms with van der Waals surface area (Å²) in [5, 5.41) is 19.9. The van der Waals surface area contributed by atoms with E-state index in [4.69, 9.17) is 4.74 Å². The smallest absolute Gasteiger partial charge is 0.0791 e. The molecule has 0 amide bonds. The van der Waals surface area contributed by atoms with Crippen molar-refractivity contribution >= 4 is 0 Å². The van der Waals surface area contributed by atoms with Crippen LogP contribution in [0.2, 0.25) is 0 Å². The van der Waals surface area contributed by atoms with Crippen molar-refractivity contribution in [2.24, 2.45) is 0 Å². The van der Waals surface area contributed by atoms with E-state index < -0.39 is 12.2 Å². The molecule has 2 aromatic rings. The Morgan fingerprint density at radius 3 is 2.10 bits per heavy atom. The summed E-state index contributed by atoms with van der Waals surface area (Å²) in [5.41, 5.74) is 1.98. The summed E-state index contributed by atoms with van der Waals surface area (Å²) in [6, 6.07) is 19.4. The minimum absolute atomic E-state index is 0.288. The third kappa shape index (κ3) is 5.68. The van der Waals surface area contributed by atoms with Crippen LogP contribution in [0.3, 0.4) is 0 Å². The molecule has 0 fully saturated rings. The third-order valence-corrected chi connectivity index (χ3v) is 3.38. The summed E-state index contributed by atoms with van der Waals surface area (Å²) in [4.78, 5) is 0. The summed E-state index contributed by atoms with van der Waals surface area (Å²) in [6.45, 7) is 0.787. The molecule has 2 rings (SSSR count). The average Bonchev–Trinajstić information content (AvgIpc) is 2.54. The Kier molecular flexibility index (Phi) is 6.41. The monoisotopic (exact) mass is 286 g/mol. The van der Waals surface area contributed by atoms with Crippen LogP contribution in [0.15, 0.2) is 60.7 Å². The zero-order valence-corrected chi connectivity index (χ0v) is 12.1. The van der Waals surface area contributed by atoms with Gasteiger partial charge in [-0.3, -0.25) is 0 Å². The van der Waals surface area contributed by atoms with Crippen molar-refractivity contribution in [1.82, 2.24) is 0 Å². The highest BCUT2D eigenvalue weighted by Gasteiger charge is 2.11. The van der Waals surface area contributed by atoms with Crippen molar-refractivity contribution in [3.8, 4) is 0 Å². The molecule has 0 spiro atoms. The Hall–Kier alpha value is -1.68. The fraction of sp³-hybridized carbons (Fsp3) is 0.333. The Morgan fingerprint density at radius 2 is 1.43 bits per heavy atom. The molecule has 2 N–H and O–H groups in total. The zero-order valence-electron chi connectivity index (χ0n) is 12.1. The number of benzene rings is 2. The van der Waals surface area contributed by atoms with Crippen molar-refractivity contribution < 1.29 is 14.9 Å². The van der Waals surface area contributed by atoms with Gasteiger partial charge in [-0.15, -0.1) is 0 Å². The van der Waals surface area contributed by atoms with Gasteiger partial charge in [0.2, 0.25) is 0 Å². The lowest BCUT2D eigenvalue weighted by molar-refractivity contribution is 0.0165. The summed E-state index contributed by atoms with van der Waals surface area (Å²) in [5.74, 6) is 0. The maximum Gasteiger partial charge on any atom is 0.0791 e. The lowest BCUT2D eigenvalue weighted by atomic mass is 10.0. The number of aliphatic hydroxyl groups is 2. The van der Waals surface area contributed by atoms with Crippen LogP contribution in [0.5, 0.6) is 0 Å². The van der Waals surface area contributed by atoms with Crippen molar-refractivity contribution in [2.45, 2.75) is 31.7 Å². The van der Waals surface area contributed by atoms with Crippen LogP contribution in [0.4, 0.5) is 0 Å². The van der Waals surface area contributed by atoms with Crippen LogP contribution >= 0.6 is 0 Å². The predicted octanol–water partition coefficient (Wildman–Crippen LogP) is 3.08. The van der Waals surface area contributed by atoms with Crippen LogP contribution in [-0.4, -0.2) is 22.9 Å². The van der Waals surface area contributed by atoms with Gasteiger partial charge >= 0.3 is 0 Å². The number of hydrogen-bond donors (Lipinski definition) is 2. The molecule has 112 valence electrons. The molecular weight excluding hydrogens is 264 g/mol. The zero-order chi connectivity index (χ0) is 14.9. The number of aliphatic hydroxyl groups excluding tert-OH is 2. The van der Waals surface area contributed by atoms with Gasteiger partial charge in [-0.05, 0) is 24.0 Å². The molecule has 0 radical (unpaired) electrons. The number of rotatable bonds is 8. The van der Waals surface area contributed by atoms with Crippen LogP contribution < -0.4 is 0 Å². The second-order valence-electron chi connectivity index (χ2n) is 5.16. The van der Waals surface area contributed by atoms with Gasteiger partial charge < -0.3 is 14.9 Å². The molecule has 0 aliphatic carbocycles. The summed E-state index contributed by atoms with van der Waals surface area (Å²) >= 11 is 0. The van der Waals surface area contributed by atoms with E-state index in [2.05, 4.69) is 0 Å². The molecule has 21 heavy (non-hydrogen) atoms. The fourth-order valence-electron chi connectivity index (χ4n) is 2.16. The topological polar surface area (TPSA) is 49.7 Å². The van der Waals surface area contributed by atoms with E-state index in [1.54, 1.807) is 0 Å². The van der Waals surface area contributed by atoms with Crippen molar-refractivity contribution in [1.29, 1.82) is 0 Å². The Labute approximate surface area is 125 Å². The van der Waals surface area contributed by atoms with E-state index in [-0.39, 0.29) is 6.61 Å². The standard InChI is InChI=1S/C18H22O3/c19-17(14-21-13-15-7-3-1-4-8-15)11-12-18(20)16-9-5-2-6-10-16/h1-10,17-20H,11-14H2. The van der Waals surface area contributed by atoms with Crippen molar-refractivity contribution in [3.05, 3.63) is 71.8 Å². The van der Waals surface area contributed by atoms with E-state index >= 15 is 0 Å². The Balaban J connectivity index is 1.64. The molecule has 0 aromatic heterocycles. The Morgan fingerprint density at radius 1 is 0.810 bits per heavy atom. The first-order valence-corrected chi connectivity index (χ1v) is 7.28. The third-order valence-electron chi connectivity index (χ3n) is 3.38. The Bertz CT molecular complexity index is 498. The van der Waals surface area contributed by atoms with Crippen molar-refractivity contribution in [3.63, 3.8) is 0 Å². The van der Waals surface area contributed by atoms with Crippen LogP contribution in [0.1, 0.15) is 30.1 Å². The molecule has 0 aliphatic heterocycles. The quantitative estimate of drug-likeness (QED) is 0.784. The minimum atomic E-state index is -0.549. The van der Waals surface area contributed by atoms with Gasteiger partial charge in [0.25, 0.3) is 0 Å². The van der Waals surface area contributed by atoms with Crippen LogP contribution in [0, 0.1) is 0 Å². The second-order valence-corrected chi connectivity index (χ2v) is 5.16. The van der Waals surface area contributed by atoms with E-state index in [9.17, 15) is 10.2 Å². The highest BCUT2D eigenvalue weighted by Crippen LogP contribution is 2.18. The van der Waals surface area contributed by atoms with Gasteiger partial charge in [-0.2, -0.15) is 0 Å². The molecule has 0 bridgehead atoms. The maximum atomic E-state index is 10.0. The average molecular weight is 286 g/mol. The highest BCUT2D eigenvalue weighted by molar-refractivity contribution is 5.17. The van der Waals surface area contributed by atoms with Gasteiger partial charge in [-0.25, -0.2) is 0 Å². The molecule has 2 atom stereocenters. The lowest BCUT2D eigenvalue weighted by Gasteiger charge is -2.15. The van der Waals surface area contributed by atoms with E-state index in [0.717, 1.165) is 11.1 Å². The molecular formula is C18H22O3. The SMILES string of the molecule is OC(CCC(O)c1ccccc1)COCc1ccccc1. The second kappa shape index (κ2) is 8.57. The first-order valence-electron chi connectivity index (χ1n) is 7.28. The van der Waals surface area contributed by atoms with E-state index in [0.29, 0.717) is 19.4 Å². The molecule has 0 saturated carbocycles. The number of hydrogen-bond acceptors (Lipinski definition) is 3. The van der Waals surface area contributed by atoms with Crippen LogP contribution in [0.25, 0.3) is 0 Å². The molecule has 2 unspecified atom stereocenters. The van der Waals surface area contributed by atoms with E-state index in [1.807, 2.05) is 60.7 Å². The van der Waals surface area contributed by atoms with Gasteiger partial charge in [0.15, 0.2) is 0 Å². The molecule has 0 saturated heterocycles. The van der Waals surface area contributed by atoms with Gasteiger partial charge in [0.05, 0.1) is 25.4 Å². The molecule has 0 heterocycles. The molecule has 3 nitrogen and oxygen atoms in total. The van der Waals surface area contributed by atoms with E-state index in [1.165, 1.54) is 0 Å². The first-order chi connectivity index (χ1) is 10.3. The molecule has 0 aliphatic rings. The highest BCUT2D eigenvalue weighted by atomic mass is 16.5. The minimum Gasteiger partial charge on any atom is -0.391 e. The van der Waals surface area contributed by atoms with Gasteiger partial charge in [0, 0.05) is 0 Å². The normalized spacial score (nSPS) is 13.8. The predicted molar refractivity (Wildman–Crippen MR) is 82.7 cm³/mol. The van der Waals surface area contributed by atoms with Gasteiger partial charge in [0.1, 0.15) is 0 Å². The molecule has 2 aromatic carbocycles. The fourth-order valence-corrected chi connectivity index (χ4v) is 2.16. The summed E-state index contributed by atoms with van der Waals surface area (Å²) < 4.78 is 5.49. The maximum absolute atomic E-state index is 10.0. The number of ether oxygens (including phenoxy) is 1. The largest absolute Gasteiger partial charge is 0.391 e. The first kappa shape index (κ1) is 15.7. The summed E-state index contributed by atoms with van der Waals surface area (Å²) in [6.07, 6.45) is -0.0351. The lowest BCUT2D eigenvalue weighted by Crippen LogP contribution is -2.16. The summed E-state index contributed by atoms with van der Waals surface area (Å²) in [7, 11) is 0. The van der Waals surface area contributed by atoms with Crippen molar-refractivity contribution in [2.75, 3.05) is 6.61 Å². The molecule has 3 heteroatoms. The van der Waals surface area contributed by atoms with Gasteiger partial charge in [-0.1, -0.05) is 60.7 Å². The van der Waals surface area contributed by atoms with Crippen LogP contribution in [-0.2, 0) is 11.3 Å².